The van der Waals surface area contributed by atoms with Gasteiger partial charge in [-0.3, -0.25) is 4.79 Å². The van der Waals surface area contributed by atoms with E-state index in [1.54, 1.807) is 25.2 Å². The first-order valence-electron chi connectivity index (χ1n) is 5.85. The van der Waals surface area contributed by atoms with Gasteiger partial charge in [0.25, 0.3) is 0 Å². The van der Waals surface area contributed by atoms with Gasteiger partial charge in [0.1, 0.15) is 11.6 Å². The topological polar surface area (TPSA) is 29.1 Å². The fraction of sp³-hybridized carbons (Fsp3) is 0.133. The van der Waals surface area contributed by atoms with Crippen LogP contribution in [0.3, 0.4) is 0 Å². The van der Waals surface area contributed by atoms with Gasteiger partial charge in [0, 0.05) is 12.1 Å². The molecule has 0 aliphatic heterocycles. The van der Waals surface area contributed by atoms with Gasteiger partial charge in [-0.15, -0.1) is 0 Å². The SMILES string of the molecule is CNCc1cccc(C(=O)c2cc(F)ccc2F)c1. The molecule has 19 heavy (non-hydrogen) atoms. The summed E-state index contributed by atoms with van der Waals surface area (Å²) in [6, 6.07) is 9.70. The molecule has 0 bridgehead atoms. The van der Waals surface area contributed by atoms with Gasteiger partial charge >= 0.3 is 0 Å². The fourth-order valence-corrected chi connectivity index (χ4v) is 1.85. The van der Waals surface area contributed by atoms with Crippen LogP contribution >= 0.6 is 0 Å². The summed E-state index contributed by atoms with van der Waals surface area (Å²) < 4.78 is 26.6. The molecule has 0 aromatic heterocycles. The van der Waals surface area contributed by atoms with Gasteiger partial charge in [0.05, 0.1) is 5.56 Å². The van der Waals surface area contributed by atoms with Gasteiger partial charge in [0.2, 0.25) is 0 Å². The van der Waals surface area contributed by atoms with Crippen LogP contribution in [0.15, 0.2) is 42.5 Å². The first-order valence-corrected chi connectivity index (χ1v) is 5.85. The van der Waals surface area contributed by atoms with Gasteiger partial charge in [-0.1, -0.05) is 18.2 Å². The van der Waals surface area contributed by atoms with Crippen LogP contribution < -0.4 is 5.32 Å². The molecular formula is C15H13F2NO. The van der Waals surface area contributed by atoms with Crippen molar-refractivity contribution in [2.75, 3.05) is 7.05 Å². The summed E-state index contributed by atoms with van der Waals surface area (Å²) in [5.74, 6) is -1.86. The molecule has 0 aliphatic carbocycles. The van der Waals surface area contributed by atoms with E-state index in [0.717, 1.165) is 23.8 Å². The van der Waals surface area contributed by atoms with Crippen molar-refractivity contribution < 1.29 is 13.6 Å². The predicted octanol–water partition coefficient (Wildman–Crippen LogP) is 2.92. The third-order valence-corrected chi connectivity index (χ3v) is 2.74. The molecule has 98 valence electrons. The number of ketones is 1. The average molecular weight is 261 g/mol. The Morgan fingerprint density at radius 2 is 1.95 bits per heavy atom. The molecule has 1 N–H and O–H groups in total. The minimum Gasteiger partial charge on any atom is -0.316 e. The Morgan fingerprint density at radius 3 is 2.68 bits per heavy atom. The van der Waals surface area contributed by atoms with Crippen molar-refractivity contribution in [2.24, 2.45) is 0 Å². The van der Waals surface area contributed by atoms with E-state index < -0.39 is 17.4 Å². The molecule has 2 aromatic rings. The Labute approximate surface area is 110 Å². The van der Waals surface area contributed by atoms with Crippen molar-refractivity contribution >= 4 is 5.78 Å². The van der Waals surface area contributed by atoms with Crippen molar-refractivity contribution in [1.29, 1.82) is 0 Å². The van der Waals surface area contributed by atoms with Crippen LogP contribution in [0.2, 0.25) is 0 Å². The first-order chi connectivity index (χ1) is 9.11. The molecule has 0 fully saturated rings. The van der Waals surface area contributed by atoms with Crippen molar-refractivity contribution in [2.45, 2.75) is 6.54 Å². The summed E-state index contributed by atoms with van der Waals surface area (Å²) in [6.45, 7) is 0.604. The number of hydrogen-bond donors (Lipinski definition) is 1. The second kappa shape index (κ2) is 5.71. The Balaban J connectivity index is 2.38. The standard InChI is InChI=1S/C15H13F2NO/c1-18-9-10-3-2-4-11(7-10)15(19)13-8-12(16)5-6-14(13)17/h2-8,18H,9H2,1H3. The third-order valence-electron chi connectivity index (χ3n) is 2.74. The smallest absolute Gasteiger partial charge is 0.196 e. The van der Waals surface area contributed by atoms with E-state index in [1.807, 2.05) is 6.07 Å². The van der Waals surface area contributed by atoms with Crippen LogP contribution in [0.25, 0.3) is 0 Å². The van der Waals surface area contributed by atoms with Crippen LogP contribution in [0.5, 0.6) is 0 Å². The molecule has 0 aliphatic rings. The lowest BCUT2D eigenvalue weighted by Crippen LogP contribution is -2.08. The maximum atomic E-state index is 13.6. The highest BCUT2D eigenvalue weighted by atomic mass is 19.1. The molecule has 2 nitrogen and oxygen atoms in total. The van der Waals surface area contributed by atoms with E-state index in [2.05, 4.69) is 5.32 Å². The summed E-state index contributed by atoms with van der Waals surface area (Å²) in [6.07, 6.45) is 0. The lowest BCUT2D eigenvalue weighted by Gasteiger charge is -2.05. The Bertz CT molecular complexity index is 611. The highest BCUT2D eigenvalue weighted by Gasteiger charge is 2.15. The lowest BCUT2D eigenvalue weighted by molar-refractivity contribution is 0.103. The number of carbonyl (C=O) groups excluding carboxylic acids is 1. The van der Waals surface area contributed by atoms with Crippen molar-refractivity contribution in [3.05, 3.63) is 70.8 Å². The summed E-state index contributed by atoms with van der Waals surface area (Å²) >= 11 is 0. The lowest BCUT2D eigenvalue weighted by atomic mass is 10.0. The maximum absolute atomic E-state index is 13.6. The van der Waals surface area contributed by atoms with E-state index in [4.69, 9.17) is 0 Å². The highest BCUT2D eigenvalue weighted by molar-refractivity contribution is 6.09. The van der Waals surface area contributed by atoms with Crippen LogP contribution in [-0.2, 0) is 6.54 Å². The third kappa shape index (κ3) is 3.03. The highest BCUT2D eigenvalue weighted by Crippen LogP contribution is 2.16. The van der Waals surface area contributed by atoms with Crippen LogP contribution in [-0.4, -0.2) is 12.8 Å². The molecule has 0 spiro atoms. The Morgan fingerprint density at radius 1 is 1.16 bits per heavy atom. The average Bonchev–Trinajstić information content (AvgIpc) is 2.41. The summed E-state index contributed by atoms with van der Waals surface area (Å²) in [7, 11) is 1.79. The van der Waals surface area contributed by atoms with Crippen molar-refractivity contribution in [1.82, 2.24) is 5.32 Å². The molecule has 0 atom stereocenters. The Kier molecular flexibility index (Phi) is 4.02. The molecular weight excluding hydrogens is 248 g/mol. The number of rotatable bonds is 4. The molecule has 0 saturated carbocycles. The first kappa shape index (κ1) is 13.4. The van der Waals surface area contributed by atoms with E-state index in [9.17, 15) is 13.6 Å². The normalized spacial score (nSPS) is 10.5. The van der Waals surface area contributed by atoms with Gasteiger partial charge in [-0.25, -0.2) is 8.78 Å². The zero-order valence-electron chi connectivity index (χ0n) is 10.4. The van der Waals surface area contributed by atoms with Crippen molar-refractivity contribution in [3.63, 3.8) is 0 Å². The van der Waals surface area contributed by atoms with Gasteiger partial charge < -0.3 is 5.32 Å². The van der Waals surface area contributed by atoms with Gasteiger partial charge in [-0.2, -0.15) is 0 Å². The quantitative estimate of drug-likeness (QED) is 0.857. The zero-order valence-corrected chi connectivity index (χ0v) is 10.4. The van der Waals surface area contributed by atoms with E-state index in [0.29, 0.717) is 12.1 Å². The summed E-state index contributed by atoms with van der Waals surface area (Å²) in [4.78, 5) is 12.1. The molecule has 0 heterocycles. The molecule has 0 amide bonds. The molecule has 2 aromatic carbocycles. The molecule has 4 heteroatoms. The molecule has 0 saturated heterocycles. The monoisotopic (exact) mass is 261 g/mol. The number of carbonyl (C=O) groups is 1. The zero-order chi connectivity index (χ0) is 13.8. The number of nitrogens with one attached hydrogen (secondary N) is 1. The molecule has 0 unspecified atom stereocenters. The van der Waals surface area contributed by atoms with Crippen LogP contribution in [0.1, 0.15) is 21.5 Å². The predicted molar refractivity (Wildman–Crippen MR) is 69.0 cm³/mol. The second-order valence-corrected chi connectivity index (χ2v) is 4.18. The number of benzene rings is 2. The van der Waals surface area contributed by atoms with E-state index in [-0.39, 0.29) is 5.56 Å². The van der Waals surface area contributed by atoms with Gasteiger partial charge in [0.15, 0.2) is 5.78 Å². The van der Waals surface area contributed by atoms with Crippen LogP contribution in [0.4, 0.5) is 8.78 Å². The largest absolute Gasteiger partial charge is 0.316 e. The minimum absolute atomic E-state index is 0.249. The molecule has 2 rings (SSSR count). The van der Waals surface area contributed by atoms with E-state index in [1.165, 1.54) is 0 Å². The number of hydrogen-bond acceptors (Lipinski definition) is 2. The second-order valence-electron chi connectivity index (χ2n) is 4.18. The fourth-order valence-electron chi connectivity index (χ4n) is 1.85. The Hall–Kier alpha value is -2.07. The van der Waals surface area contributed by atoms with Gasteiger partial charge in [-0.05, 0) is 36.9 Å². The molecule has 0 radical (unpaired) electrons. The van der Waals surface area contributed by atoms with Crippen molar-refractivity contribution in [3.8, 4) is 0 Å². The summed E-state index contributed by atoms with van der Waals surface area (Å²) in [5, 5.41) is 2.97. The van der Waals surface area contributed by atoms with Crippen LogP contribution in [0, 0.1) is 11.6 Å². The number of halogens is 2. The van der Waals surface area contributed by atoms with E-state index >= 15 is 0 Å². The summed E-state index contributed by atoms with van der Waals surface area (Å²) in [5.41, 5.74) is 1.00. The minimum atomic E-state index is -0.717. The maximum Gasteiger partial charge on any atom is 0.196 e.